The van der Waals surface area contributed by atoms with Gasteiger partial charge in [-0.15, -0.1) is 22.7 Å². The lowest BCUT2D eigenvalue weighted by Crippen LogP contribution is -2.24. The van der Waals surface area contributed by atoms with Gasteiger partial charge >= 0.3 is 0 Å². The Balaban J connectivity index is 1.32. The predicted octanol–water partition coefficient (Wildman–Crippen LogP) is 4.50. The summed E-state index contributed by atoms with van der Waals surface area (Å²) in [7, 11) is 0. The van der Waals surface area contributed by atoms with Crippen molar-refractivity contribution in [1.82, 2.24) is 20.3 Å². The largest absolute Gasteiger partial charge is 0.349 e. The number of aromatic nitrogens is 3. The van der Waals surface area contributed by atoms with Crippen LogP contribution in [0.25, 0.3) is 22.5 Å². The van der Waals surface area contributed by atoms with Crippen molar-refractivity contribution in [3.8, 4) is 22.5 Å². The smallest absolute Gasteiger partial charge is 0.224 e. The van der Waals surface area contributed by atoms with E-state index < -0.39 is 0 Å². The van der Waals surface area contributed by atoms with Crippen molar-refractivity contribution in [1.29, 1.82) is 0 Å². The van der Waals surface area contributed by atoms with Gasteiger partial charge < -0.3 is 5.32 Å². The fourth-order valence-corrected chi connectivity index (χ4v) is 4.12. The highest BCUT2D eigenvalue weighted by Gasteiger charge is 2.08. The Morgan fingerprint density at radius 3 is 2.32 bits per heavy atom. The number of rotatable bonds is 6. The Morgan fingerprint density at radius 1 is 0.929 bits per heavy atom. The molecular formula is C21H18N4OS2. The maximum Gasteiger partial charge on any atom is 0.224 e. The summed E-state index contributed by atoms with van der Waals surface area (Å²) in [6.07, 6.45) is 3.84. The topological polar surface area (TPSA) is 67.8 Å². The van der Waals surface area contributed by atoms with Crippen LogP contribution in [0.1, 0.15) is 15.6 Å². The Kier molecular flexibility index (Phi) is 5.55. The number of hydrogen-bond acceptors (Lipinski definition) is 6. The van der Waals surface area contributed by atoms with E-state index in [4.69, 9.17) is 0 Å². The van der Waals surface area contributed by atoms with Crippen molar-refractivity contribution in [2.45, 2.75) is 19.9 Å². The zero-order valence-corrected chi connectivity index (χ0v) is 16.9. The fraction of sp³-hybridized carbons (Fsp3) is 0.143. The van der Waals surface area contributed by atoms with Crippen LogP contribution in [0.15, 0.2) is 59.6 Å². The molecule has 0 radical (unpaired) electrons. The number of carbonyl (C=O) groups is 1. The van der Waals surface area contributed by atoms with Gasteiger partial charge in [-0.25, -0.2) is 9.97 Å². The first kappa shape index (κ1) is 18.5. The van der Waals surface area contributed by atoms with Gasteiger partial charge in [0.1, 0.15) is 5.01 Å². The number of carbonyl (C=O) groups excluding carboxylic acids is 1. The van der Waals surface area contributed by atoms with E-state index in [2.05, 4.69) is 20.3 Å². The van der Waals surface area contributed by atoms with Gasteiger partial charge in [0.05, 0.1) is 29.4 Å². The summed E-state index contributed by atoms with van der Waals surface area (Å²) < 4.78 is 0. The van der Waals surface area contributed by atoms with E-state index in [0.29, 0.717) is 13.0 Å². The number of amides is 1. The molecule has 7 heteroatoms. The normalized spacial score (nSPS) is 10.8. The lowest BCUT2D eigenvalue weighted by molar-refractivity contribution is -0.120. The lowest BCUT2D eigenvalue weighted by Gasteiger charge is -2.04. The fourth-order valence-electron chi connectivity index (χ4n) is 2.76. The van der Waals surface area contributed by atoms with Gasteiger partial charge in [-0.05, 0) is 24.6 Å². The van der Waals surface area contributed by atoms with Crippen LogP contribution in [-0.2, 0) is 17.8 Å². The number of pyridine rings is 1. The zero-order chi connectivity index (χ0) is 19.3. The molecule has 0 saturated carbocycles. The summed E-state index contributed by atoms with van der Waals surface area (Å²) in [5.41, 5.74) is 4.96. The molecule has 4 rings (SSSR count). The van der Waals surface area contributed by atoms with Crippen molar-refractivity contribution in [2.24, 2.45) is 0 Å². The Hall–Kier alpha value is -2.90. The van der Waals surface area contributed by atoms with E-state index in [-0.39, 0.29) is 5.91 Å². The standard InChI is InChI=1S/C21H18N4OS2/c1-14-24-18(12-27-14)16-4-2-15(3-5-16)10-20(26)23-11-21-25-19(13-28-21)17-6-8-22-9-7-17/h2-9,12-13H,10-11H2,1H3,(H,23,26). The van der Waals surface area contributed by atoms with Gasteiger partial charge in [0.2, 0.25) is 5.91 Å². The highest BCUT2D eigenvalue weighted by molar-refractivity contribution is 7.10. The minimum absolute atomic E-state index is 0.0158. The van der Waals surface area contributed by atoms with Crippen molar-refractivity contribution in [2.75, 3.05) is 0 Å². The van der Waals surface area contributed by atoms with Crippen molar-refractivity contribution in [3.63, 3.8) is 0 Å². The molecule has 0 bridgehead atoms. The number of aryl methyl sites for hydroxylation is 1. The minimum Gasteiger partial charge on any atom is -0.349 e. The molecule has 0 atom stereocenters. The summed E-state index contributed by atoms with van der Waals surface area (Å²) in [5.74, 6) is -0.0158. The third kappa shape index (κ3) is 4.49. The second-order valence-corrected chi connectivity index (χ2v) is 8.27. The van der Waals surface area contributed by atoms with E-state index in [1.54, 1.807) is 35.1 Å². The van der Waals surface area contributed by atoms with Gasteiger partial charge in [-0.1, -0.05) is 24.3 Å². The van der Waals surface area contributed by atoms with Crippen LogP contribution in [0.5, 0.6) is 0 Å². The molecule has 0 saturated heterocycles. The van der Waals surface area contributed by atoms with Crippen LogP contribution in [0.3, 0.4) is 0 Å². The maximum absolute atomic E-state index is 12.3. The average Bonchev–Trinajstić information content (AvgIpc) is 3.37. The third-order valence-electron chi connectivity index (χ3n) is 4.20. The molecule has 5 nitrogen and oxygen atoms in total. The molecule has 3 aromatic heterocycles. The van der Waals surface area contributed by atoms with E-state index >= 15 is 0 Å². The SMILES string of the molecule is Cc1nc(-c2ccc(CC(=O)NCc3nc(-c4ccncc4)cs3)cc2)cs1. The summed E-state index contributed by atoms with van der Waals surface area (Å²) in [4.78, 5) is 25.3. The summed E-state index contributed by atoms with van der Waals surface area (Å²) in [6.45, 7) is 2.43. The minimum atomic E-state index is -0.0158. The summed E-state index contributed by atoms with van der Waals surface area (Å²) in [6, 6.07) is 11.8. The maximum atomic E-state index is 12.3. The molecule has 0 aliphatic heterocycles. The number of benzene rings is 1. The molecule has 1 amide bonds. The van der Waals surface area contributed by atoms with Gasteiger partial charge in [0, 0.05) is 34.3 Å². The van der Waals surface area contributed by atoms with E-state index in [1.807, 2.05) is 54.1 Å². The highest BCUT2D eigenvalue weighted by Crippen LogP contribution is 2.22. The third-order valence-corrected chi connectivity index (χ3v) is 5.82. The van der Waals surface area contributed by atoms with E-state index in [9.17, 15) is 4.79 Å². The first-order chi connectivity index (χ1) is 13.7. The average molecular weight is 407 g/mol. The van der Waals surface area contributed by atoms with E-state index in [0.717, 1.165) is 38.1 Å². The van der Waals surface area contributed by atoms with Crippen molar-refractivity contribution in [3.05, 3.63) is 75.1 Å². The number of nitrogens with one attached hydrogen (secondary N) is 1. The number of thiazole rings is 2. The highest BCUT2D eigenvalue weighted by atomic mass is 32.1. The van der Waals surface area contributed by atoms with Crippen LogP contribution in [0.4, 0.5) is 0 Å². The molecule has 0 aliphatic carbocycles. The quantitative estimate of drug-likeness (QED) is 0.512. The Bertz CT molecular complexity index is 1070. The molecule has 1 N–H and O–H groups in total. The first-order valence-electron chi connectivity index (χ1n) is 8.80. The van der Waals surface area contributed by atoms with Gasteiger partial charge in [0.25, 0.3) is 0 Å². The van der Waals surface area contributed by atoms with Crippen LogP contribution in [-0.4, -0.2) is 20.9 Å². The predicted molar refractivity (Wildman–Crippen MR) is 113 cm³/mol. The van der Waals surface area contributed by atoms with Crippen LogP contribution >= 0.6 is 22.7 Å². The summed E-state index contributed by atoms with van der Waals surface area (Å²) >= 11 is 3.18. The van der Waals surface area contributed by atoms with Crippen molar-refractivity contribution < 1.29 is 4.79 Å². The zero-order valence-electron chi connectivity index (χ0n) is 15.3. The molecule has 4 aromatic rings. The van der Waals surface area contributed by atoms with Crippen LogP contribution in [0, 0.1) is 6.92 Å². The van der Waals surface area contributed by atoms with Gasteiger partial charge in [-0.2, -0.15) is 0 Å². The molecule has 28 heavy (non-hydrogen) atoms. The molecule has 140 valence electrons. The molecular weight excluding hydrogens is 388 g/mol. The lowest BCUT2D eigenvalue weighted by atomic mass is 10.1. The second-order valence-electron chi connectivity index (χ2n) is 6.26. The van der Waals surface area contributed by atoms with Crippen molar-refractivity contribution >= 4 is 28.6 Å². The molecule has 0 aliphatic rings. The molecule has 1 aromatic carbocycles. The monoisotopic (exact) mass is 406 g/mol. The van der Waals surface area contributed by atoms with E-state index in [1.165, 1.54) is 0 Å². The van der Waals surface area contributed by atoms with Gasteiger partial charge in [-0.3, -0.25) is 9.78 Å². The Labute approximate surface area is 171 Å². The molecule has 3 heterocycles. The first-order valence-corrected chi connectivity index (χ1v) is 10.6. The molecule has 0 unspecified atom stereocenters. The second kappa shape index (κ2) is 8.41. The van der Waals surface area contributed by atoms with Crippen LogP contribution in [0.2, 0.25) is 0 Å². The molecule has 0 spiro atoms. The molecule has 0 fully saturated rings. The summed E-state index contributed by atoms with van der Waals surface area (Å²) in [5, 5.41) is 8.92. The number of nitrogens with zero attached hydrogens (tertiary/aromatic N) is 3. The Morgan fingerprint density at radius 2 is 1.61 bits per heavy atom. The van der Waals surface area contributed by atoms with Crippen LogP contribution < -0.4 is 5.32 Å². The van der Waals surface area contributed by atoms with Gasteiger partial charge in [0.15, 0.2) is 0 Å². The number of hydrogen-bond donors (Lipinski definition) is 1.